The van der Waals surface area contributed by atoms with Gasteiger partial charge in [-0.05, 0) is 24.6 Å². The number of ether oxygens (including phenoxy) is 1. The second-order valence-corrected chi connectivity index (χ2v) is 3.10. The first kappa shape index (κ1) is 12.2. The standard InChI is InChI=1S/C10H11N3O.C2H6/c1-6-3-8-7(4-9(6)14-2)10(11)13-5-12-8;1-2/h3-5H,1-2H3,(H2,11,12,13);1-2H3. The lowest BCUT2D eigenvalue weighted by atomic mass is 10.1. The zero-order chi connectivity index (χ0) is 12.1. The number of hydrogen-bond acceptors (Lipinski definition) is 4. The summed E-state index contributed by atoms with van der Waals surface area (Å²) in [5, 5.41) is 0.829. The van der Waals surface area contributed by atoms with E-state index in [2.05, 4.69) is 9.97 Å². The van der Waals surface area contributed by atoms with Crippen molar-refractivity contribution in [2.75, 3.05) is 12.8 Å². The van der Waals surface area contributed by atoms with Crippen LogP contribution in [0.25, 0.3) is 10.9 Å². The smallest absolute Gasteiger partial charge is 0.134 e. The van der Waals surface area contributed by atoms with Gasteiger partial charge >= 0.3 is 0 Å². The Hall–Kier alpha value is -1.84. The van der Waals surface area contributed by atoms with Crippen LogP contribution in [-0.2, 0) is 0 Å². The molecule has 0 fully saturated rings. The number of benzene rings is 1. The Morgan fingerprint density at radius 3 is 2.50 bits per heavy atom. The maximum atomic E-state index is 5.72. The Labute approximate surface area is 95.5 Å². The highest BCUT2D eigenvalue weighted by atomic mass is 16.5. The van der Waals surface area contributed by atoms with E-state index in [-0.39, 0.29) is 0 Å². The minimum absolute atomic E-state index is 0.480. The zero-order valence-electron chi connectivity index (χ0n) is 10.1. The van der Waals surface area contributed by atoms with Gasteiger partial charge in [-0.2, -0.15) is 0 Å². The molecule has 0 spiro atoms. The van der Waals surface area contributed by atoms with Crippen LogP contribution in [0.3, 0.4) is 0 Å². The Morgan fingerprint density at radius 1 is 1.19 bits per heavy atom. The Kier molecular flexibility index (Phi) is 4.05. The predicted octanol–water partition coefficient (Wildman–Crippen LogP) is 2.56. The summed E-state index contributed by atoms with van der Waals surface area (Å²) in [7, 11) is 1.63. The second kappa shape index (κ2) is 5.30. The van der Waals surface area contributed by atoms with Crippen LogP contribution in [0, 0.1) is 6.92 Å². The third kappa shape index (κ3) is 2.21. The number of rotatable bonds is 1. The average molecular weight is 219 g/mol. The number of anilines is 1. The first-order valence-electron chi connectivity index (χ1n) is 5.27. The van der Waals surface area contributed by atoms with E-state index in [1.54, 1.807) is 7.11 Å². The van der Waals surface area contributed by atoms with E-state index in [1.807, 2.05) is 32.9 Å². The van der Waals surface area contributed by atoms with Crippen molar-refractivity contribution >= 4 is 16.7 Å². The van der Waals surface area contributed by atoms with Crippen molar-refractivity contribution < 1.29 is 4.74 Å². The molecule has 4 nitrogen and oxygen atoms in total. The van der Waals surface area contributed by atoms with Crippen molar-refractivity contribution in [1.29, 1.82) is 0 Å². The van der Waals surface area contributed by atoms with Gasteiger partial charge in [-0.25, -0.2) is 9.97 Å². The highest BCUT2D eigenvalue weighted by molar-refractivity contribution is 5.89. The van der Waals surface area contributed by atoms with Crippen molar-refractivity contribution in [2.24, 2.45) is 0 Å². The van der Waals surface area contributed by atoms with Gasteiger partial charge in [-0.1, -0.05) is 13.8 Å². The van der Waals surface area contributed by atoms with Gasteiger partial charge in [-0.15, -0.1) is 0 Å². The minimum Gasteiger partial charge on any atom is -0.496 e. The molecule has 0 radical (unpaired) electrons. The van der Waals surface area contributed by atoms with E-state index >= 15 is 0 Å². The highest BCUT2D eigenvalue weighted by Gasteiger charge is 2.05. The van der Waals surface area contributed by atoms with Crippen molar-refractivity contribution in [3.05, 3.63) is 24.0 Å². The fourth-order valence-electron chi connectivity index (χ4n) is 1.43. The SMILES string of the molecule is CC.COc1cc2c(N)ncnc2cc1C. The third-order valence-electron chi connectivity index (χ3n) is 2.18. The number of methoxy groups -OCH3 is 1. The first-order valence-corrected chi connectivity index (χ1v) is 5.27. The van der Waals surface area contributed by atoms with Gasteiger partial charge in [0.15, 0.2) is 0 Å². The van der Waals surface area contributed by atoms with Crippen LogP contribution < -0.4 is 10.5 Å². The van der Waals surface area contributed by atoms with Gasteiger partial charge in [0.2, 0.25) is 0 Å². The van der Waals surface area contributed by atoms with Crippen molar-refractivity contribution in [3.8, 4) is 5.75 Å². The number of nitrogen functional groups attached to an aromatic ring is 1. The summed E-state index contributed by atoms with van der Waals surface area (Å²) in [6.45, 7) is 5.97. The maximum absolute atomic E-state index is 5.72. The van der Waals surface area contributed by atoms with E-state index in [4.69, 9.17) is 10.5 Å². The molecule has 2 aromatic rings. The molecule has 2 rings (SSSR count). The Bertz CT molecular complexity index is 483. The largest absolute Gasteiger partial charge is 0.496 e. The quantitative estimate of drug-likeness (QED) is 0.800. The number of nitrogens with zero attached hydrogens (tertiary/aromatic N) is 2. The van der Waals surface area contributed by atoms with Crippen LogP contribution in [0.15, 0.2) is 18.5 Å². The van der Waals surface area contributed by atoms with Crippen molar-refractivity contribution in [2.45, 2.75) is 20.8 Å². The molecule has 1 aromatic heterocycles. The summed E-state index contributed by atoms with van der Waals surface area (Å²) in [5.41, 5.74) is 7.61. The van der Waals surface area contributed by atoms with Crippen LogP contribution in [0.2, 0.25) is 0 Å². The Morgan fingerprint density at radius 2 is 1.88 bits per heavy atom. The summed E-state index contributed by atoms with van der Waals surface area (Å²) in [4.78, 5) is 8.06. The van der Waals surface area contributed by atoms with Gasteiger partial charge in [0.05, 0.1) is 12.6 Å². The lowest BCUT2D eigenvalue weighted by molar-refractivity contribution is 0.412. The van der Waals surface area contributed by atoms with Crippen LogP contribution in [-0.4, -0.2) is 17.1 Å². The van der Waals surface area contributed by atoms with Crippen LogP contribution in [0.4, 0.5) is 5.82 Å². The van der Waals surface area contributed by atoms with Crippen LogP contribution in [0.5, 0.6) is 5.75 Å². The Balaban J connectivity index is 0.000000606. The van der Waals surface area contributed by atoms with E-state index in [0.29, 0.717) is 5.82 Å². The molecule has 0 saturated carbocycles. The zero-order valence-corrected chi connectivity index (χ0v) is 10.1. The molecule has 16 heavy (non-hydrogen) atoms. The molecule has 1 aromatic carbocycles. The molecule has 0 amide bonds. The predicted molar refractivity (Wildman–Crippen MR) is 66.6 cm³/mol. The first-order chi connectivity index (χ1) is 7.72. The van der Waals surface area contributed by atoms with E-state index in [0.717, 1.165) is 22.2 Å². The fourth-order valence-corrected chi connectivity index (χ4v) is 1.43. The van der Waals surface area contributed by atoms with Crippen LogP contribution in [0.1, 0.15) is 19.4 Å². The van der Waals surface area contributed by atoms with Gasteiger partial charge < -0.3 is 10.5 Å². The molecule has 0 unspecified atom stereocenters. The summed E-state index contributed by atoms with van der Waals surface area (Å²) in [6.07, 6.45) is 1.46. The summed E-state index contributed by atoms with van der Waals surface area (Å²) < 4.78 is 5.20. The third-order valence-corrected chi connectivity index (χ3v) is 2.18. The van der Waals surface area contributed by atoms with Gasteiger partial charge in [0, 0.05) is 5.39 Å². The van der Waals surface area contributed by atoms with Crippen molar-refractivity contribution in [3.63, 3.8) is 0 Å². The number of aromatic nitrogens is 2. The maximum Gasteiger partial charge on any atom is 0.134 e. The summed E-state index contributed by atoms with van der Waals surface area (Å²) in [5.74, 6) is 1.28. The summed E-state index contributed by atoms with van der Waals surface area (Å²) in [6, 6.07) is 3.80. The molecule has 0 saturated heterocycles. The van der Waals surface area contributed by atoms with Crippen molar-refractivity contribution in [1.82, 2.24) is 9.97 Å². The van der Waals surface area contributed by atoms with E-state index < -0.39 is 0 Å². The molecule has 0 aliphatic carbocycles. The molecule has 4 heteroatoms. The molecular weight excluding hydrogens is 202 g/mol. The molecular formula is C12H17N3O. The molecule has 0 aliphatic heterocycles. The lowest BCUT2D eigenvalue weighted by Crippen LogP contribution is -1.95. The molecule has 0 aliphatic rings. The van der Waals surface area contributed by atoms with Gasteiger partial charge in [0.1, 0.15) is 17.9 Å². The number of hydrogen-bond donors (Lipinski definition) is 1. The monoisotopic (exact) mass is 219 g/mol. The fraction of sp³-hybridized carbons (Fsp3) is 0.333. The highest BCUT2D eigenvalue weighted by Crippen LogP contribution is 2.26. The number of aryl methyl sites for hydroxylation is 1. The van der Waals surface area contributed by atoms with E-state index in [9.17, 15) is 0 Å². The topological polar surface area (TPSA) is 61.0 Å². The van der Waals surface area contributed by atoms with Crippen LogP contribution >= 0.6 is 0 Å². The average Bonchev–Trinajstić information content (AvgIpc) is 2.31. The van der Waals surface area contributed by atoms with E-state index in [1.165, 1.54) is 6.33 Å². The molecule has 0 bridgehead atoms. The molecule has 2 N–H and O–H groups in total. The number of fused-ring (bicyclic) bond motifs is 1. The minimum atomic E-state index is 0.480. The molecule has 0 atom stereocenters. The molecule has 1 heterocycles. The number of nitrogens with two attached hydrogens (primary N) is 1. The normalized spacial score (nSPS) is 9.50. The lowest BCUT2D eigenvalue weighted by Gasteiger charge is -2.06. The molecule has 86 valence electrons. The van der Waals surface area contributed by atoms with Gasteiger partial charge in [-0.3, -0.25) is 0 Å². The summed E-state index contributed by atoms with van der Waals surface area (Å²) >= 11 is 0. The van der Waals surface area contributed by atoms with Gasteiger partial charge in [0.25, 0.3) is 0 Å². The second-order valence-electron chi connectivity index (χ2n) is 3.10.